The largest absolute Gasteiger partial charge is 0.330 e. The number of nitrogens with two attached hydrogens (primary N) is 1. The summed E-state index contributed by atoms with van der Waals surface area (Å²) in [6.45, 7) is 7.24. The minimum atomic E-state index is 0. The molecular formula is C13H27ClN2. The average Bonchev–Trinajstić information content (AvgIpc) is 2.69. The molecule has 1 saturated heterocycles. The second-order valence-electron chi connectivity index (χ2n) is 5.67. The SMILES string of the molecule is CC1CCCCC1CN1CCC(CN)C1.Cl. The van der Waals surface area contributed by atoms with Crippen molar-refractivity contribution in [3.05, 3.63) is 0 Å². The molecule has 0 aromatic heterocycles. The van der Waals surface area contributed by atoms with Crippen molar-refractivity contribution < 1.29 is 0 Å². The van der Waals surface area contributed by atoms with Gasteiger partial charge in [0.15, 0.2) is 0 Å². The Balaban J connectivity index is 0.00000128. The summed E-state index contributed by atoms with van der Waals surface area (Å²) in [5, 5.41) is 0. The molecule has 1 aliphatic carbocycles. The fraction of sp³-hybridized carbons (Fsp3) is 1.00. The third kappa shape index (κ3) is 3.61. The average molecular weight is 247 g/mol. The lowest BCUT2D eigenvalue weighted by Gasteiger charge is -2.32. The molecule has 2 N–H and O–H groups in total. The second kappa shape index (κ2) is 6.83. The Bertz CT molecular complexity index is 198. The maximum Gasteiger partial charge on any atom is 0.00223 e. The lowest BCUT2D eigenvalue weighted by Crippen LogP contribution is -2.32. The van der Waals surface area contributed by atoms with Crippen LogP contribution in [0.15, 0.2) is 0 Å². The Morgan fingerprint density at radius 1 is 1.19 bits per heavy atom. The second-order valence-corrected chi connectivity index (χ2v) is 5.67. The van der Waals surface area contributed by atoms with Gasteiger partial charge in [0.25, 0.3) is 0 Å². The van der Waals surface area contributed by atoms with E-state index in [1.165, 1.54) is 51.7 Å². The molecule has 0 aromatic carbocycles. The predicted molar refractivity (Wildman–Crippen MR) is 72.0 cm³/mol. The fourth-order valence-electron chi connectivity index (χ4n) is 3.27. The van der Waals surface area contributed by atoms with Crippen LogP contribution >= 0.6 is 12.4 Å². The van der Waals surface area contributed by atoms with Gasteiger partial charge in [-0.15, -0.1) is 12.4 Å². The van der Waals surface area contributed by atoms with Crippen LogP contribution in [-0.4, -0.2) is 31.1 Å². The molecule has 1 aliphatic heterocycles. The minimum Gasteiger partial charge on any atom is -0.330 e. The third-order valence-corrected chi connectivity index (χ3v) is 4.49. The molecule has 2 rings (SSSR count). The molecule has 1 saturated carbocycles. The summed E-state index contributed by atoms with van der Waals surface area (Å²) in [5.74, 6) is 2.70. The van der Waals surface area contributed by atoms with Crippen molar-refractivity contribution in [2.24, 2.45) is 23.5 Å². The van der Waals surface area contributed by atoms with Gasteiger partial charge in [-0.25, -0.2) is 0 Å². The summed E-state index contributed by atoms with van der Waals surface area (Å²) >= 11 is 0. The molecule has 3 atom stereocenters. The highest BCUT2D eigenvalue weighted by Gasteiger charge is 2.27. The van der Waals surface area contributed by atoms with Gasteiger partial charge in [-0.2, -0.15) is 0 Å². The predicted octanol–water partition coefficient (Wildman–Crippen LogP) is 2.52. The van der Waals surface area contributed by atoms with E-state index >= 15 is 0 Å². The monoisotopic (exact) mass is 246 g/mol. The van der Waals surface area contributed by atoms with E-state index < -0.39 is 0 Å². The molecule has 2 nitrogen and oxygen atoms in total. The van der Waals surface area contributed by atoms with E-state index in [4.69, 9.17) is 5.73 Å². The highest BCUT2D eigenvalue weighted by atomic mass is 35.5. The Kier molecular flexibility index (Phi) is 6.09. The van der Waals surface area contributed by atoms with E-state index in [1.807, 2.05) is 0 Å². The summed E-state index contributed by atoms with van der Waals surface area (Å²) in [6.07, 6.45) is 7.17. The number of rotatable bonds is 3. The topological polar surface area (TPSA) is 29.3 Å². The smallest absolute Gasteiger partial charge is 0.00223 e. The van der Waals surface area contributed by atoms with Gasteiger partial charge in [-0.05, 0) is 43.7 Å². The molecule has 0 spiro atoms. The van der Waals surface area contributed by atoms with Crippen LogP contribution in [0.4, 0.5) is 0 Å². The van der Waals surface area contributed by atoms with E-state index in [2.05, 4.69) is 11.8 Å². The van der Waals surface area contributed by atoms with Crippen LogP contribution in [0, 0.1) is 17.8 Å². The lowest BCUT2D eigenvalue weighted by molar-refractivity contribution is 0.177. The zero-order valence-corrected chi connectivity index (χ0v) is 11.3. The van der Waals surface area contributed by atoms with Gasteiger partial charge in [0.05, 0.1) is 0 Å². The molecule has 96 valence electrons. The van der Waals surface area contributed by atoms with Gasteiger partial charge in [-0.3, -0.25) is 0 Å². The standard InChI is InChI=1S/C13H26N2.ClH/c1-11-4-2-3-5-13(11)10-15-7-6-12(8-14)9-15;/h11-13H,2-10,14H2,1H3;1H. The summed E-state index contributed by atoms with van der Waals surface area (Å²) < 4.78 is 0. The van der Waals surface area contributed by atoms with E-state index in [0.717, 1.165) is 24.3 Å². The van der Waals surface area contributed by atoms with E-state index in [9.17, 15) is 0 Å². The third-order valence-electron chi connectivity index (χ3n) is 4.49. The van der Waals surface area contributed by atoms with Crippen molar-refractivity contribution in [2.75, 3.05) is 26.2 Å². The molecule has 16 heavy (non-hydrogen) atoms. The van der Waals surface area contributed by atoms with Gasteiger partial charge in [0, 0.05) is 13.1 Å². The van der Waals surface area contributed by atoms with Gasteiger partial charge >= 0.3 is 0 Å². The molecule has 3 heteroatoms. The lowest BCUT2D eigenvalue weighted by atomic mass is 9.80. The molecule has 1 heterocycles. The number of nitrogens with zero attached hydrogens (tertiary/aromatic N) is 1. The molecule has 0 bridgehead atoms. The number of likely N-dealkylation sites (tertiary alicyclic amines) is 1. The maximum absolute atomic E-state index is 5.73. The van der Waals surface area contributed by atoms with Crippen LogP contribution in [0.3, 0.4) is 0 Å². The summed E-state index contributed by atoms with van der Waals surface area (Å²) in [7, 11) is 0. The molecular weight excluding hydrogens is 220 g/mol. The summed E-state index contributed by atoms with van der Waals surface area (Å²) in [5.41, 5.74) is 5.73. The first kappa shape index (κ1) is 14.3. The Labute approximate surface area is 106 Å². The maximum atomic E-state index is 5.73. The van der Waals surface area contributed by atoms with Crippen LogP contribution in [0.25, 0.3) is 0 Å². The highest BCUT2D eigenvalue weighted by Crippen LogP contribution is 2.31. The van der Waals surface area contributed by atoms with Gasteiger partial charge in [0.2, 0.25) is 0 Å². The van der Waals surface area contributed by atoms with Crippen LogP contribution in [0.1, 0.15) is 39.0 Å². The van der Waals surface area contributed by atoms with Gasteiger partial charge < -0.3 is 10.6 Å². The van der Waals surface area contributed by atoms with Crippen LogP contribution in [0.5, 0.6) is 0 Å². The molecule has 2 fully saturated rings. The number of hydrogen-bond donors (Lipinski definition) is 1. The quantitative estimate of drug-likeness (QED) is 0.829. The Morgan fingerprint density at radius 3 is 2.56 bits per heavy atom. The van der Waals surface area contributed by atoms with Gasteiger partial charge in [0.1, 0.15) is 0 Å². The molecule has 2 aliphatic rings. The molecule has 3 unspecified atom stereocenters. The first-order valence-electron chi connectivity index (χ1n) is 6.72. The highest BCUT2D eigenvalue weighted by molar-refractivity contribution is 5.85. The van der Waals surface area contributed by atoms with E-state index in [1.54, 1.807) is 0 Å². The van der Waals surface area contributed by atoms with Crippen molar-refractivity contribution in [2.45, 2.75) is 39.0 Å². The van der Waals surface area contributed by atoms with Crippen LogP contribution in [-0.2, 0) is 0 Å². The first-order valence-corrected chi connectivity index (χ1v) is 6.72. The summed E-state index contributed by atoms with van der Waals surface area (Å²) in [6, 6.07) is 0. The van der Waals surface area contributed by atoms with Crippen molar-refractivity contribution in [3.8, 4) is 0 Å². The normalized spacial score (nSPS) is 36.0. The van der Waals surface area contributed by atoms with Crippen molar-refractivity contribution >= 4 is 12.4 Å². The minimum absolute atomic E-state index is 0. The summed E-state index contributed by atoms with van der Waals surface area (Å²) in [4.78, 5) is 2.66. The van der Waals surface area contributed by atoms with E-state index in [0.29, 0.717) is 0 Å². The molecule has 0 amide bonds. The van der Waals surface area contributed by atoms with Gasteiger partial charge in [-0.1, -0.05) is 26.2 Å². The Hall–Kier alpha value is 0.210. The molecule has 0 aromatic rings. The number of hydrogen-bond acceptors (Lipinski definition) is 2. The van der Waals surface area contributed by atoms with Crippen molar-refractivity contribution in [1.29, 1.82) is 0 Å². The number of halogens is 1. The van der Waals surface area contributed by atoms with Crippen LogP contribution < -0.4 is 5.73 Å². The van der Waals surface area contributed by atoms with Crippen molar-refractivity contribution in [1.82, 2.24) is 4.90 Å². The fourth-order valence-corrected chi connectivity index (χ4v) is 3.27. The zero-order chi connectivity index (χ0) is 10.7. The molecule has 0 radical (unpaired) electrons. The zero-order valence-electron chi connectivity index (χ0n) is 10.5. The van der Waals surface area contributed by atoms with Crippen LogP contribution in [0.2, 0.25) is 0 Å². The van der Waals surface area contributed by atoms with E-state index in [-0.39, 0.29) is 12.4 Å². The van der Waals surface area contributed by atoms with Crippen molar-refractivity contribution in [3.63, 3.8) is 0 Å². The first-order chi connectivity index (χ1) is 7.29. The Morgan fingerprint density at radius 2 is 1.94 bits per heavy atom.